The molecule has 1 aromatic rings. The molecule has 0 radical (unpaired) electrons. The van der Waals surface area contributed by atoms with Crippen molar-refractivity contribution in [3.8, 4) is 0 Å². The van der Waals surface area contributed by atoms with Crippen LogP contribution in [0.15, 0.2) is 24.3 Å². The third kappa shape index (κ3) is 4.81. The van der Waals surface area contributed by atoms with Crippen molar-refractivity contribution in [2.24, 2.45) is 0 Å². The van der Waals surface area contributed by atoms with E-state index in [9.17, 15) is 4.79 Å². The first-order valence-electron chi connectivity index (χ1n) is 7.06. The molecule has 1 rings (SSSR count). The molecule has 0 heterocycles. The Morgan fingerprint density at radius 3 is 2.55 bits per heavy atom. The van der Waals surface area contributed by atoms with Gasteiger partial charge < -0.3 is 15.5 Å². The normalized spacial score (nSPS) is 9.95. The van der Waals surface area contributed by atoms with Gasteiger partial charge in [-0.05, 0) is 50.7 Å². The predicted octanol–water partition coefficient (Wildman–Crippen LogP) is 2.87. The van der Waals surface area contributed by atoms with Gasteiger partial charge in [-0.15, -0.1) is 0 Å². The van der Waals surface area contributed by atoms with Crippen LogP contribution >= 0.6 is 12.2 Å². The molecule has 20 heavy (non-hydrogen) atoms. The minimum Gasteiger partial charge on any atom is -0.362 e. The molecular weight excluding hydrogens is 270 g/mol. The van der Waals surface area contributed by atoms with Crippen LogP contribution in [0.2, 0.25) is 0 Å². The van der Waals surface area contributed by atoms with Crippen LogP contribution in [0.4, 0.5) is 5.69 Å². The lowest BCUT2D eigenvalue weighted by Crippen LogP contribution is -2.31. The van der Waals surface area contributed by atoms with Crippen LogP contribution in [0.5, 0.6) is 0 Å². The van der Waals surface area contributed by atoms with Crippen LogP contribution in [0.3, 0.4) is 0 Å². The fourth-order valence-corrected chi connectivity index (χ4v) is 2.06. The van der Waals surface area contributed by atoms with E-state index in [4.69, 9.17) is 12.2 Å². The standard InChI is InChI=1S/C15H23N3OS/c1-4-10-16-15(20)17-13-9-7-8-12(11-13)14(19)18(5-2)6-3/h7-9,11H,4-6,10H2,1-3H3,(H2,16,17,20). The minimum absolute atomic E-state index is 0.0473. The number of amides is 1. The van der Waals surface area contributed by atoms with Crippen molar-refractivity contribution < 1.29 is 4.79 Å². The van der Waals surface area contributed by atoms with E-state index in [1.807, 2.05) is 38.1 Å². The van der Waals surface area contributed by atoms with Crippen LogP contribution in [-0.4, -0.2) is 35.6 Å². The highest BCUT2D eigenvalue weighted by Gasteiger charge is 2.12. The smallest absolute Gasteiger partial charge is 0.253 e. The third-order valence-corrected chi connectivity index (χ3v) is 3.20. The van der Waals surface area contributed by atoms with Gasteiger partial charge in [0, 0.05) is 30.9 Å². The largest absolute Gasteiger partial charge is 0.362 e. The maximum atomic E-state index is 12.3. The molecule has 5 heteroatoms. The summed E-state index contributed by atoms with van der Waals surface area (Å²) in [6, 6.07) is 7.43. The number of hydrogen-bond acceptors (Lipinski definition) is 2. The van der Waals surface area contributed by atoms with Crippen LogP contribution < -0.4 is 10.6 Å². The highest BCUT2D eigenvalue weighted by atomic mass is 32.1. The molecule has 0 aliphatic rings. The number of carbonyl (C=O) groups is 1. The highest BCUT2D eigenvalue weighted by molar-refractivity contribution is 7.80. The Hall–Kier alpha value is -1.62. The van der Waals surface area contributed by atoms with Gasteiger partial charge in [0.1, 0.15) is 0 Å². The number of nitrogens with one attached hydrogen (secondary N) is 2. The molecule has 2 N–H and O–H groups in total. The number of rotatable bonds is 6. The van der Waals surface area contributed by atoms with E-state index in [1.165, 1.54) is 0 Å². The van der Waals surface area contributed by atoms with Gasteiger partial charge in [-0.3, -0.25) is 4.79 Å². The number of benzene rings is 1. The van der Waals surface area contributed by atoms with Crippen LogP contribution in [0.1, 0.15) is 37.6 Å². The summed E-state index contributed by atoms with van der Waals surface area (Å²) in [7, 11) is 0. The Morgan fingerprint density at radius 2 is 1.95 bits per heavy atom. The molecule has 1 aromatic carbocycles. The third-order valence-electron chi connectivity index (χ3n) is 2.95. The topological polar surface area (TPSA) is 44.4 Å². The second kappa shape index (κ2) is 8.53. The monoisotopic (exact) mass is 293 g/mol. The summed E-state index contributed by atoms with van der Waals surface area (Å²) in [5, 5.41) is 6.78. The highest BCUT2D eigenvalue weighted by Crippen LogP contribution is 2.12. The van der Waals surface area contributed by atoms with Crippen molar-refractivity contribution >= 4 is 28.9 Å². The molecule has 0 aromatic heterocycles. The number of anilines is 1. The Bertz CT molecular complexity index is 458. The van der Waals surface area contributed by atoms with E-state index in [-0.39, 0.29) is 5.91 Å². The first-order valence-corrected chi connectivity index (χ1v) is 7.47. The molecule has 4 nitrogen and oxygen atoms in total. The summed E-state index contributed by atoms with van der Waals surface area (Å²) in [4.78, 5) is 14.1. The number of nitrogens with zero attached hydrogens (tertiary/aromatic N) is 1. The fourth-order valence-electron chi connectivity index (χ4n) is 1.84. The van der Waals surface area contributed by atoms with Crippen molar-refractivity contribution in [2.45, 2.75) is 27.2 Å². The quantitative estimate of drug-likeness (QED) is 0.792. The molecule has 0 saturated carbocycles. The van der Waals surface area contributed by atoms with Gasteiger partial charge >= 0.3 is 0 Å². The molecular formula is C15H23N3OS. The van der Waals surface area contributed by atoms with Gasteiger partial charge in [0.25, 0.3) is 5.91 Å². The lowest BCUT2D eigenvalue weighted by molar-refractivity contribution is 0.0773. The van der Waals surface area contributed by atoms with Gasteiger partial charge in [0.05, 0.1) is 0 Å². The van der Waals surface area contributed by atoms with Crippen molar-refractivity contribution in [3.63, 3.8) is 0 Å². The summed E-state index contributed by atoms with van der Waals surface area (Å²) < 4.78 is 0. The SMILES string of the molecule is CCCNC(=S)Nc1cccc(C(=O)N(CC)CC)c1. The van der Waals surface area contributed by atoms with E-state index in [2.05, 4.69) is 17.6 Å². The fraction of sp³-hybridized carbons (Fsp3) is 0.467. The zero-order valence-corrected chi connectivity index (χ0v) is 13.2. The first kappa shape index (κ1) is 16.4. The maximum absolute atomic E-state index is 12.3. The first-order chi connectivity index (χ1) is 9.62. The van der Waals surface area contributed by atoms with Gasteiger partial charge in [0.15, 0.2) is 5.11 Å². The van der Waals surface area contributed by atoms with Gasteiger partial charge in [-0.1, -0.05) is 13.0 Å². The van der Waals surface area contributed by atoms with Crippen molar-refractivity contribution in [3.05, 3.63) is 29.8 Å². The van der Waals surface area contributed by atoms with E-state index >= 15 is 0 Å². The van der Waals surface area contributed by atoms with Gasteiger partial charge in [-0.2, -0.15) is 0 Å². The number of carbonyl (C=O) groups excluding carboxylic acids is 1. The lowest BCUT2D eigenvalue weighted by atomic mass is 10.1. The van der Waals surface area contributed by atoms with Crippen molar-refractivity contribution in [1.82, 2.24) is 10.2 Å². The summed E-state index contributed by atoms with van der Waals surface area (Å²) in [5.74, 6) is 0.0473. The molecule has 0 fully saturated rings. The number of hydrogen-bond donors (Lipinski definition) is 2. The summed E-state index contributed by atoms with van der Waals surface area (Å²) >= 11 is 5.19. The molecule has 1 amide bonds. The van der Waals surface area contributed by atoms with Crippen molar-refractivity contribution in [2.75, 3.05) is 25.0 Å². The average molecular weight is 293 g/mol. The second-order valence-electron chi connectivity index (χ2n) is 4.44. The van der Waals surface area contributed by atoms with E-state index in [0.29, 0.717) is 23.8 Å². The molecule has 0 aliphatic heterocycles. The summed E-state index contributed by atoms with van der Waals surface area (Å²) in [5.41, 5.74) is 1.51. The molecule has 0 saturated heterocycles. The zero-order valence-electron chi connectivity index (χ0n) is 12.4. The van der Waals surface area contributed by atoms with E-state index < -0.39 is 0 Å². The van der Waals surface area contributed by atoms with Crippen LogP contribution in [0, 0.1) is 0 Å². The lowest BCUT2D eigenvalue weighted by Gasteiger charge is -2.19. The average Bonchev–Trinajstić information content (AvgIpc) is 2.46. The Labute approximate surface area is 126 Å². The number of thiocarbonyl (C=S) groups is 1. The van der Waals surface area contributed by atoms with E-state index in [0.717, 1.165) is 18.7 Å². The van der Waals surface area contributed by atoms with Crippen LogP contribution in [-0.2, 0) is 0 Å². The van der Waals surface area contributed by atoms with Gasteiger partial charge in [-0.25, -0.2) is 0 Å². The predicted molar refractivity (Wildman–Crippen MR) is 88.2 cm³/mol. The molecule has 0 spiro atoms. The molecule has 0 aliphatic carbocycles. The van der Waals surface area contributed by atoms with Crippen molar-refractivity contribution in [1.29, 1.82) is 0 Å². The van der Waals surface area contributed by atoms with Crippen LogP contribution in [0.25, 0.3) is 0 Å². The molecule has 0 atom stereocenters. The molecule has 0 bridgehead atoms. The summed E-state index contributed by atoms with van der Waals surface area (Å²) in [6.07, 6.45) is 1.02. The Kier molecular flexibility index (Phi) is 7.01. The second-order valence-corrected chi connectivity index (χ2v) is 4.85. The Balaban J connectivity index is 2.75. The molecule has 110 valence electrons. The molecule has 0 unspecified atom stereocenters. The minimum atomic E-state index is 0.0473. The van der Waals surface area contributed by atoms with E-state index in [1.54, 1.807) is 4.90 Å². The Morgan fingerprint density at radius 1 is 1.25 bits per heavy atom. The maximum Gasteiger partial charge on any atom is 0.253 e. The van der Waals surface area contributed by atoms with Gasteiger partial charge in [0.2, 0.25) is 0 Å². The summed E-state index contributed by atoms with van der Waals surface area (Å²) in [6.45, 7) is 8.30. The zero-order chi connectivity index (χ0) is 15.0.